The van der Waals surface area contributed by atoms with E-state index in [1.165, 1.54) is 0 Å². The Morgan fingerprint density at radius 1 is 1.00 bits per heavy atom. The number of hydrogen-bond acceptors (Lipinski definition) is 5. The average molecular weight is 242 g/mol. The van der Waals surface area contributed by atoms with Crippen LogP contribution >= 0.6 is 0 Å². The molecule has 0 aromatic heterocycles. The van der Waals surface area contributed by atoms with Crippen molar-refractivity contribution in [2.45, 2.75) is 0 Å². The van der Waals surface area contributed by atoms with E-state index in [1.807, 2.05) is 0 Å². The number of rotatable bonds is 4. The summed E-state index contributed by atoms with van der Waals surface area (Å²) in [5, 5.41) is -1.04. The van der Waals surface area contributed by atoms with E-state index >= 15 is 0 Å². The Kier molecular flexibility index (Phi) is 23.1. The molecule has 52 valence electrons. The molecule has 0 radical (unpaired) electrons. The Morgan fingerprint density at radius 2 is 1.27 bits per heavy atom. The normalized spacial score (nSPS) is 7.27. The van der Waals surface area contributed by atoms with Crippen LogP contribution in [-0.2, 0) is 39.6 Å². The summed E-state index contributed by atoms with van der Waals surface area (Å²) in [4.78, 5) is 19.9. The van der Waals surface area contributed by atoms with Crippen LogP contribution in [0.1, 0.15) is 0 Å². The summed E-state index contributed by atoms with van der Waals surface area (Å²) in [7, 11) is 0. The third-order valence-electron chi connectivity index (χ3n) is 0.440. The third-order valence-corrected chi connectivity index (χ3v) is 0.676. The molecule has 0 aromatic rings. The molecule has 11 heavy (non-hydrogen) atoms. The van der Waals surface area contributed by atoms with Crippen molar-refractivity contribution in [3.63, 3.8) is 0 Å². The van der Waals surface area contributed by atoms with Gasteiger partial charge in [-0.3, -0.25) is 0 Å². The van der Waals surface area contributed by atoms with Crippen molar-refractivity contribution in [2.75, 3.05) is 13.2 Å². The minimum atomic E-state index is -0.522. The minimum absolute atomic E-state index is 0. The van der Waals surface area contributed by atoms with Gasteiger partial charge in [-0.1, -0.05) is 0 Å². The fourth-order valence-corrected chi connectivity index (χ4v) is 0.384. The fraction of sp³-hybridized carbons (Fsp3) is 0.500. The van der Waals surface area contributed by atoms with Crippen molar-refractivity contribution >= 4 is 35.5 Å². The Labute approximate surface area is 161 Å². The topological polar surface area (TPSA) is 43.4 Å². The second-order valence-corrected chi connectivity index (χ2v) is 2.15. The van der Waals surface area contributed by atoms with E-state index < -0.39 is 10.2 Å². The summed E-state index contributed by atoms with van der Waals surface area (Å²) in [6.45, 7) is -0.421. The van der Waals surface area contributed by atoms with Gasteiger partial charge in [0.1, 0.15) is 0 Å². The molecule has 0 fully saturated rings. The van der Waals surface area contributed by atoms with Crippen molar-refractivity contribution in [1.82, 2.24) is 0 Å². The Bertz CT molecular complexity index is 117. The molecule has 0 saturated heterocycles. The predicted molar refractivity (Wildman–Crippen MR) is 35.6 cm³/mol. The van der Waals surface area contributed by atoms with Crippen LogP contribution < -0.4 is 103 Å². The van der Waals surface area contributed by atoms with E-state index in [4.69, 9.17) is 0 Å². The van der Waals surface area contributed by atoms with E-state index in [1.54, 1.807) is 0 Å². The standard InChI is InChI=1S/C4H6O3S2.2K/c5-3(8)1-7-2-4(6)9;;/h1-2H2,(H,5,8)(H,6,9);;/q;2*+1/p-2. The van der Waals surface area contributed by atoms with E-state index in [2.05, 4.69) is 30.0 Å². The molecule has 0 amide bonds. The summed E-state index contributed by atoms with van der Waals surface area (Å²) < 4.78 is 4.45. The molecule has 0 heterocycles. The minimum Gasteiger partial charge on any atom is -0.740 e. The first kappa shape index (κ1) is 19.6. The average Bonchev–Trinajstić information content (AvgIpc) is 1.63. The molecule has 0 aromatic carbocycles. The zero-order valence-electron chi connectivity index (χ0n) is 6.46. The number of hydrogen-bond donors (Lipinski definition) is 0. The van der Waals surface area contributed by atoms with E-state index in [0.717, 1.165) is 0 Å². The van der Waals surface area contributed by atoms with Gasteiger partial charge in [-0.05, 0) is 0 Å². The molecule has 0 atom stereocenters. The maximum Gasteiger partial charge on any atom is 1.00 e. The van der Waals surface area contributed by atoms with Crippen molar-refractivity contribution in [2.24, 2.45) is 0 Å². The van der Waals surface area contributed by atoms with Gasteiger partial charge in [-0.2, -0.15) is 0 Å². The van der Waals surface area contributed by atoms with Crippen molar-refractivity contribution < 1.29 is 117 Å². The molecule has 0 rings (SSSR count). The van der Waals surface area contributed by atoms with Crippen LogP contribution in [0, 0.1) is 0 Å². The van der Waals surface area contributed by atoms with E-state index in [9.17, 15) is 9.59 Å². The molecule has 3 nitrogen and oxygen atoms in total. The van der Waals surface area contributed by atoms with E-state index in [-0.39, 0.29) is 116 Å². The number of carbonyl (C=O) groups excluding carboxylic acids is 2. The van der Waals surface area contributed by atoms with Crippen molar-refractivity contribution in [3.05, 3.63) is 0 Å². The van der Waals surface area contributed by atoms with Crippen molar-refractivity contribution in [1.29, 1.82) is 0 Å². The maximum absolute atomic E-state index is 9.97. The molecule has 0 aliphatic carbocycles. The Morgan fingerprint density at radius 3 is 1.45 bits per heavy atom. The van der Waals surface area contributed by atoms with Crippen LogP contribution in [0.15, 0.2) is 0 Å². The Hall–Kier alpha value is 3.01. The van der Waals surface area contributed by atoms with Gasteiger partial charge in [-0.25, -0.2) is 0 Å². The second-order valence-electron chi connectivity index (χ2n) is 1.24. The summed E-state index contributed by atoms with van der Waals surface area (Å²) in [6.07, 6.45) is 0. The summed E-state index contributed by atoms with van der Waals surface area (Å²) in [5.74, 6) is 0. The van der Waals surface area contributed by atoms with Crippen LogP contribution in [0.4, 0.5) is 0 Å². The second kappa shape index (κ2) is 13.0. The fourth-order valence-electron chi connectivity index (χ4n) is 0.218. The molecule has 0 aliphatic heterocycles. The van der Waals surface area contributed by atoms with Gasteiger partial charge in [0.2, 0.25) is 0 Å². The Balaban J connectivity index is -0.000000320. The molecule has 0 saturated carbocycles. The van der Waals surface area contributed by atoms with Gasteiger partial charge in [-0.15, -0.1) is 0 Å². The van der Waals surface area contributed by atoms with Gasteiger partial charge >= 0.3 is 103 Å². The number of carbonyl (C=O) groups is 2. The van der Waals surface area contributed by atoms with E-state index in [0.29, 0.717) is 0 Å². The SMILES string of the molecule is O=C([S-])COCC(=O)[S-].[K+].[K+]. The molecular weight excluding hydrogens is 238 g/mol. The summed E-state index contributed by atoms with van der Waals surface area (Å²) >= 11 is 8.24. The van der Waals surface area contributed by atoms with Crippen molar-refractivity contribution in [3.8, 4) is 0 Å². The monoisotopic (exact) mass is 242 g/mol. The first-order valence-electron chi connectivity index (χ1n) is 2.10. The molecule has 0 N–H and O–H groups in total. The zero-order valence-corrected chi connectivity index (χ0v) is 14.3. The van der Waals surface area contributed by atoms with Gasteiger partial charge < -0.3 is 39.6 Å². The van der Waals surface area contributed by atoms with Crippen LogP contribution in [0.2, 0.25) is 0 Å². The molecule has 0 bridgehead atoms. The molecule has 0 aliphatic rings. The first-order valence-corrected chi connectivity index (χ1v) is 2.92. The maximum atomic E-state index is 9.97. The smallest absolute Gasteiger partial charge is 0.740 e. The molecule has 7 heteroatoms. The largest absolute Gasteiger partial charge is 1.00 e. The first-order chi connectivity index (χ1) is 4.13. The van der Waals surface area contributed by atoms with Crippen LogP contribution in [0.5, 0.6) is 0 Å². The van der Waals surface area contributed by atoms with Gasteiger partial charge in [0.15, 0.2) is 0 Å². The molecule has 0 unspecified atom stereocenters. The van der Waals surface area contributed by atoms with Crippen LogP contribution in [0.3, 0.4) is 0 Å². The quantitative estimate of drug-likeness (QED) is 0.362. The van der Waals surface area contributed by atoms with Gasteiger partial charge in [0, 0.05) is 10.2 Å². The number of ether oxygens (including phenoxy) is 1. The summed E-state index contributed by atoms with van der Waals surface area (Å²) in [6, 6.07) is 0. The predicted octanol–water partition coefficient (Wildman–Crippen LogP) is -6.84. The van der Waals surface area contributed by atoms with Crippen LogP contribution in [0.25, 0.3) is 0 Å². The third kappa shape index (κ3) is 19.4. The summed E-state index contributed by atoms with van der Waals surface area (Å²) in [5.41, 5.74) is 0. The van der Waals surface area contributed by atoms with Gasteiger partial charge in [0.25, 0.3) is 0 Å². The van der Waals surface area contributed by atoms with Gasteiger partial charge in [0.05, 0.1) is 13.2 Å². The molecule has 0 spiro atoms. The zero-order chi connectivity index (χ0) is 7.28. The van der Waals surface area contributed by atoms with Crippen LogP contribution in [-0.4, -0.2) is 23.4 Å². The molecular formula is C4H4K2O3S2.